The van der Waals surface area contributed by atoms with Crippen molar-refractivity contribution in [2.24, 2.45) is 0 Å². The molecule has 1 aromatic heterocycles. The zero-order chi connectivity index (χ0) is 12.4. The molecule has 90 valence electrons. The van der Waals surface area contributed by atoms with Crippen LogP contribution in [0.4, 0.5) is 0 Å². The molecule has 0 fully saturated rings. The molecule has 0 aliphatic heterocycles. The van der Waals surface area contributed by atoms with Gasteiger partial charge in [-0.1, -0.05) is 36.4 Å². The van der Waals surface area contributed by atoms with Crippen molar-refractivity contribution in [2.75, 3.05) is 5.88 Å². The third-order valence-electron chi connectivity index (χ3n) is 2.99. The van der Waals surface area contributed by atoms with Crippen LogP contribution >= 0.6 is 22.9 Å². The summed E-state index contributed by atoms with van der Waals surface area (Å²) in [5.74, 6) is 0.681. The molecule has 3 rings (SSSR count). The highest BCUT2D eigenvalue weighted by Gasteiger charge is 2.03. The molecule has 0 aliphatic rings. The van der Waals surface area contributed by atoms with Crippen molar-refractivity contribution in [1.29, 1.82) is 0 Å². The molecule has 2 aromatic carbocycles. The van der Waals surface area contributed by atoms with Crippen LogP contribution in [-0.2, 0) is 0 Å². The van der Waals surface area contributed by atoms with E-state index in [4.69, 9.17) is 11.6 Å². The average Bonchev–Trinajstić information content (AvgIpc) is 2.77. The zero-order valence-corrected chi connectivity index (χ0v) is 11.5. The van der Waals surface area contributed by atoms with Gasteiger partial charge in [0.2, 0.25) is 0 Å². The molecule has 1 heterocycles. The lowest BCUT2D eigenvalue weighted by Gasteiger charge is -1.95. The van der Waals surface area contributed by atoms with Gasteiger partial charge in [-0.2, -0.15) is 0 Å². The van der Waals surface area contributed by atoms with Gasteiger partial charge in [-0.3, -0.25) is 0 Å². The summed E-state index contributed by atoms with van der Waals surface area (Å²) in [6, 6.07) is 15.2. The highest BCUT2D eigenvalue weighted by molar-refractivity contribution is 7.25. The van der Waals surface area contributed by atoms with E-state index in [1.807, 2.05) is 11.3 Å². The summed E-state index contributed by atoms with van der Waals surface area (Å²) >= 11 is 7.53. The van der Waals surface area contributed by atoms with E-state index in [2.05, 4.69) is 54.6 Å². The smallest absolute Gasteiger partial charge is 0.0355 e. The average molecular weight is 273 g/mol. The fourth-order valence-electron chi connectivity index (χ4n) is 2.13. The molecule has 0 atom stereocenters. The summed E-state index contributed by atoms with van der Waals surface area (Å²) in [7, 11) is 0. The van der Waals surface area contributed by atoms with Crippen LogP contribution in [0, 0.1) is 0 Å². The van der Waals surface area contributed by atoms with Gasteiger partial charge in [0.15, 0.2) is 0 Å². The topological polar surface area (TPSA) is 0 Å². The van der Waals surface area contributed by atoms with E-state index in [0.29, 0.717) is 5.88 Å². The van der Waals surface area contributed by atoms with Gasteiger partial charge in [0.25, 0.3) is 0 Å². The predicted octanol–water partition coefficient (Wildman–Crippen LogP) is 5.70. The van der Waals surface area contributed by atoms with Gasteiger partial charge in [0.05, 0.1) is 0 Å². The number of hydrogen-bond acceptors (Lipinski definition) is 1. The third kappa shape index (κ3) is 2.16. The summed E-state index contributed by atoms with van der Waals surface area (Å²) in [6.07, 6.45) is 5.20. The standard InChI is InChI=1S/C16H13ClS/c17-10-4-3-5-12-8-9-16-14(11-12)13-6-1-2-7-15(13)18-16/h1-3,5-9,11H,4,10H2. The molecule has 0 bridgehead atoms. The largest absolute Gasteiger partial charge is 0.135 e. The normalized spacial score (nSPS) is 11.8. The Labute approximate surface area is 116 Å². The number of benzene rings is 2. The predicted molar refractivity (Wildman–Crippen MR) is 83.7 cm³/mol. The van der Waals surface area contributed by atoms with Crippen molar-refractivity contribution in [3.63, 3.8) is 0 Å². The number of hydrogen-bond donors (Lipinski definition) is 0. The zero-order valence-electron chi connectivity index (χ0n) is 9.90. The molecule has 0 aliphatic carbocycles. The van der Waals surface area contributed by atoms with Crippen LogP contribution in [0.15, 0.2) is 48.5 Å². The van der Waals surface area contributed by atoms with Gasteiger partial charge >= 0.3 is 0 Å². The second-order valence-electron chi connectivity index (χ2n) is 4.23. The SMILES string of the molecule is ClCCC=Cc1ccc2sc3ccccc3c2c1. The quantitative estimate of drug-likeness (QED) is 0.537. The van der Waals surface area contributed by atoms with Gasteiger partial charge < -0.3 is 0 Å². The monoisotopic (exact) mass is 272 g/mol. The van der Waals surface area contributed by atoms with E-state index in [9.17, 15) is 0 Å². The number of halogens is 1. The molecule has 0 saturated carbocycles. The molecular formula is C16H13ClS. The van der Waals surface area contributed by atoms with Gasteiger partial charge in [-0.25, -0.2) is 0 Å². The fraction of sp³-hybridized carbons (Fsp3) is 0.125. The summed E-state index contributed by atoms with van der Waals surface area (Å²) in [4.78, 5) is 0. The number of thiophene rings is 1. The second kappa shape index (κ2) is 5.13. The molecule has 0 N–H and O–H groups in total. The summed E-state index contributed by atoms with van der Waals surface area (Å²) in [5.41, 5.74) is 1.25. The van der Waals surface area contributed by atoms with Crippen molar-refractivity contribution in [3.8, 4) is 0 Å². The van der Waals surface area contributed by atoms with Crippen molar-refractivity contribution in [3.05, 3.63) is 54.1 Å². The van der Waals surface area contributed by atoms with Gasteiger partial charge in [-0.05, 0) is 30.2 Å². The molecule has 0 saturated heterocycles. The molecule has 0 spiro atoms. The number of allylic oxidation sites excluding steroid dienone is 1. The van der Waals surface area contributed by atoms with Crippen LogP contribution in [-0.4, -0.2) is 5.88 Å². The van der Waals surface area contributed by atoms with E-state index in [1.54, 1.807) is 0 Å². The molecular weight excluding hydrogens is 260 g/mol. The van der Waals surface area contributed by atoms with E-state index >= 15 is 0 Å². The van der Waals surface area contributed by atoms with Gasteiger partial charge in [0, 0.05) is 26.1 Å². The summed E-state index contributed by atoms with van der Waals surface area (Å²) < 4.78 is 2.71. The molecule has 0 nitrogen and oxygen atoms in total. The molecule has 0 unspecified atom stereocenters. The Balaban J connectivity index is 2.12. The van der Waals surface area contributed by atoms with Crippen molar-refractivity contribution >= 4 is 49.2 Å². The lowest BCUT2D eigenvalue weighted by molar-refractivity contribution is 1.24. The highest BCUT2D eigenvalue weighted by atomic mass is 35.5. The van der Waals surface area contributed by atoms with Crippen LogP contribution in [0.1, 0.15) is 12.0 Å². The minimum absolute atomic E-state index is 0.681. The van der Waals surface area contributed by atoms with E-state index < -0.39 is 0 Å². The maximum atomic E-state index is 5.67. The molecule has 18 heavy (non-hydrogen) atoms. The molecule has 2 heteroatoms. The molecule has 0 amide bonds. The second-order valence-corrected chi connectivity index (χ2v) is 5.70. The van der Waals surface area contributed by atoms with E-state index in [1.165, 1.54) is 25.7 Å². The lowest BCUT2D eigenvalue weighted by Crippen LogP contribution is -1.73. The van der Waals surface area contributed by atoms with E-state index in [0.717, 1.165) is 6.42 Å². The Morgan fingerprint density at radius 2 is 1.83 bits per heavy atom. The first-order valence-electron chi connectivity index (χ1n) is 6.02. The first kappa shape index (κ1) is 11.8. The fourth-order valence-corrected chi connectivity index (χ4v) is 3.34. The van der Waals surface area contributed by atoms with Crippen LogP contribution in [0.25, 0.3) is 26.2 Å². The maximum absolute atomic E-state index is 5.67. The van der Waals surface area contributed by atoms with Crippen LogP contribution in [0.5, 0.6) is 0 Å². The third-order valence-corrected chi connectivity index (χ3v) is 4.36. The first-order valence-corrected chi connectivity index (χ1v) is 7.37. The molecule has 0 radical (unpaired) electrons. The Bertz CT molecular complexity index is 709. The van der Waals surface area contributed by atoms with Gasteiger partial charge in [0.1, 0.15) is 0 Å². The highest BCUT2D eigenvalue weighted by Crippen LogP contribution is 2.34. The summed E-state index contributed by atoms with van der Waals surface area (Å²) in [5, 5.41) is 2.70. The number of rotatable bonds is 3. The maximum Gasteiger partial charge on any atom is 0.0355 e. The van der Waals surface area contributed by atoms with Crippen LogP contribution in [0.3, 0.4) is 0 Å². The van der Waals surface area contributed by atoms with Crippen molar-refractivity contribution in [2.45, 2.75) is 6.42 Å². The first-order chi connectivity index (χ1) is 8.88. The Morgan fingerprint density at radius 1 is 1.00 bits per heavy atom. The Hall–Kier alpha value is -1.31. The Kier molecular flexibility index (Phi) is 3.35. The van der Waals surface area contributed by atoms with E-state index in [-0.39, 0.29) is 0 Å². The van der Waals surface area contributed by atoms with Crippen molar-refractivity contribution in [1.82, 2.24) is 0 Å². The Morgan fingerprint density at radius 3 is 2.72 bits per heavy atom. The minimum Gasteiger partial charge on any atom is -0.135 e. The van der Waals surface area contributed by atoms with Crippen LogP contribution < -0.4 is 0 Å². The van der Waals surface area contributed by atoms with Crippen LogP contribution in [0.2, 0.25) is 0 Å². The number of alkyl halides is 1. The minimum atomic E-state index is 0.681. The van der Waals surface area contributed by atoms with Gasteiger partial charge in [-0.15, -0.1) is 22.9 Å². The number of fused-ring (bicyclic) bond motifs is 3. The van der Waals surface area contributed by atoms with Crippen molar-refractivity contribution < 1.29 is 0 Å². The lowest BCUT2D eigenvalue weighted by atomic mass is 10.1. The molecule has 3 aromatic rings. The summed E-state index contributed by atoms with van der Waals surface area (Å²) in [6.45, 7) is 0.